The normalized spacial score (nSPS) is 25.1. The van der Waals surface area contributed by atoms with Crippen molar-refractivity contribution in [1.29, 1.82) is 0 Å². The maximum Gasteiger partial charge on any atom is 0.224 e. The average Bonchev–Trinajstić information content (AvgIpc) is 2.87. The number of amides is 1. The van der Waals surface area contributed by atoms with E-state index in [4.69, 9.17) is 5.73 Å². The molecule has 1 aromatic carbocycles. The summed E-state index contributed by atoms with van der Waals surface area (Å²) < 4.78 is 0. The van der Waals surface area contributed by atoms with Crippen molar-refractivity contribution >= 4 is 5.91 Å². The average molecular weight is 258 g/mol. The third-order valence-electron chi connectivity index (χ3n) is 4.61. The number of likely N-dealkylation sites (tertiary alicyclic amines) is 1. The zero-order chi connectivity index (χ0) is 13.3. The Balaban J connectivity index is 1.71. The molecule has 2 aliphatic rings. The summed E-state index contributed by atoms with van der Waals surface area (Å²) in [7, 11) is 0. The lowest BCUT2D eigenvalue weighted by Crippen LogP contribution is -2.50. The summed E-state index contributed by atoms with van der Waals surface area (Å²) in [6, 6.07) is 10.6. The molecule has 1 saturated heterocycles. The molecule has 3 heteroatoms. The lowest BCUT2D eigenvalue weighted by molar-refractivity contribution is -0.134. The van der Waals surface area contributed by atoms with Crippen LogP contribution in [0.3, 0.4) is 0 Å². The molecule has 1 amide bonds. The first kappa shape index (κ1) is 12.7. The van der Waals surface area contributed by atoms with Crippen LogP contribution in [0, 0.1) is 0 Å². The molecule has 2 fully saturated rings. The molecule has 1 aliphatic carbocycles. The van der Waals surface area contributed by atoms with Gasteiger partial charge in [0.1, 0.15) is 0 Å². The number of carbonyl (C=O) groups excluding carboxylic acids is 1. The van der Waals surface area contributed by atoms with Gasteiger partial charge >= 0.3 is 0 Å². The molecule has 2 N–H and O–H groups in total. The van der Waals surface area contributed by atoms with Crippen molar-refractivity contribution in [1.82, 2.24) is 4.90 Å². The molecular weight excluding hydrogens is 236 g/mol. The lowest BCUT2D eigenvalue weighted by Gasteiger charge is -2.39. The zero-order valence-electron chi connectivity index (χ0n) is 11.3. The minimum atomic E-state index is -0.207. The van der Waals surface area contributed by atoms with Gasteiger partial charge in [0.25, 0.3) is 0 Å². The van der Waals surface area contributed by atoms with Crippen LogP contribution in [-0.4, -0.2) is 22.9 Å². The minimum Gasteiger partial charge on any atom is -0.336 e. The van der Waals surface area contributed by atoms with Gasteiger partial charge in [-0.15, -0.1) is 0 Å². The summed E-state index contributed by atoms with van der Waals surface area (Å²) in [4.78, 5) is 14.5. The third-order valence-corrected chi connectivity index (χ3v) is 4.61. The first-order chi connectivity index (χ1) is 9.18. The molecule has 1 aliphatic heterocycles. The van der Waals surface area contributed by atoms with Gasteiger partial charge in [-0.2, -0.15) is 0 Å². The Kier molecular flexibility index (Phi) is 3.31. The second kappa shape index (κ2) is 4.97. The van der Waals surface area contributed by atoms with Gasteiger partial charge in [-0.25, -0.2) is 0 Å². The molecule has 3 nitrogen and oxygen atoms in total. The van der Waals surface area contributed by atoms with Crippen molar-refractivity contribution in [2.45, 2.75) is 50.1 Å². The summed E-state index contributed by atoms with van der Waals surface area (Å²) in [5, 5.41) is 0. The summed E-state index contributed by atoms with van der Waals surface area (Å²) in [6.07, 6.45) is 5.88. The van der Waals surface area contributed by atoms with Crippen LogP contribution >= 0.6 is 0 Å². The lowest BCUT2D eigenvalue weighted by atomic mass is 9.75. The van der Waals surface area contributed by atoms with Gasteiger partial charge in [0, 0.05) is 18.5 Å². The van der Waals surface area contributed by atoms with Crippen LogP contribution in [0.2, 0.25) is 0 Å². The summed E-state index contributed by atoms with van der Waals surface area (Å²) >= 11 is 0. The quantitative estimate of drug-likeness (QED) is 0.906. The first-order valence-electron chi connectivity index (χ1n) is 7.31. The van der Waals surface area contributed by atoms with E-state index in [0.29, 0.717) is 6.42 Å². The Morgan fingerprint density at radius 3 is 2.63 bits per heavy atom. The highest BCUT2D eigenvalue weighted by Gasteiger charge is 2.38. The van der Waals surface area contributed by atoms with Crippen LogP contribution < -0.4 is 5.73 Å². The van der Waals surface area contributed by atoms with Crippen molar-refractivity contribution in [3.8, 4) is 0 Å². The number of rotatable bonds is 3. The SMILES string of the molecule is NC1(CC(=O)N2CCCC2c2ccccc2)CCC1. The van der Waals surface area contributed by atoms with Crippen LogP contribution in [0.5, 0.6) is 0 Å². The van der Waals surface area contributed by atoms with Crippen molar-refractivity contribution in [2.75, 3.05) is 6.54 Å². The van der Waals surface area contributed by atoms with Crippen LogP contribution in [-0.2, 0) is 4.79 Å². The highest BCUT2D eigenvalue weighted by molar-refractivity contribution is 5.78. The molecule has 1 heterocycles. The van der Waals surface area contributed by atoms with E-state index in [-0.39, 0.29) is 17.5 Å². The van der Waals surface area contributed by atoms with Gasteiger partial charge in [-0.3, -0.25) is 4.79 Å². The number of carbonyl (C=O) groups is 1. The predicted molar refractivity (Wildman–Crippen MR) is 75.5 cm³/mol. The second-order valence-electron chi connectivity index (χ2n) is 6.05. The van der Waals surface area contributed by atoms with Crippen LogP contribution in [0.25, 0.3) is 0 Å². The molecule has 1 aromatic rings. The van der Waals surface area contributed by atoms with Gasteiger partial charge in [-0.1, -0.05) is 30.3 Å². The standard InChI is InChI=1S/C16H22N2O/c17-16(9-5-10-16)12-15(19)18-11-4-8-14(18)13-6-2-1-3-7-13/h1-3,6-7,14H,4-5,8-12,17H2. The molecule has 0 radical (unpaired) electrons. The Morgan fingerprint density at radius 2 is 2.00 bits per heavy atom. The van der Waals surface area contributed by atoms with E-state index in [9.17, 15) is 4.79 Å². The molecular formula is C16H22N2O. The third kappa shape index (κ3) is 2.52. The van der Waals surface area contributed by atoms with E-state index in [1.165, 1.54) is 12.0 Å². The fourth-order valence-electron chi connectivity index (χ4n) is 3.30. The molecule has 1 saturated carbocycles. The molecule has 19 heavy (non-hydrogen) atoms. The van der Waals surface area contributed by atoms with E-state index >= 15 is 0 Å². The van der Waals surface area contributed by atoms with E-state index in [1.807, 2.05) is 23.1 Å². The Hall–Kier alpha value is -1.35. The largest absolute Gasteiger partial charge is 0.336 e. The maximum absolute atomic E-state index is 12.5. The highest BCUT2D eigenvalue weighted by atomic mass is 16.2. The molecule has 0 bridgehead atoms. The van der Waals surface area contributed by atoms with E-state index < -0.39 is 0 Å². The molecule has 1 atom stereocenters. The number of hydrogen-bond acceptors (Lipinski definition) is 2. The Morgan fingerprint density at radius 1 is 1.26 bits per heavy atom. The molecule has 3 rings (SSSR count). The minimum absolute atomic E-state index is 0.207. The highest BCUT2D eigenvalue weighted by Crippen LogP contribution is 2.36. The van der Waals surface area contributed by atoms with Gasteiger partial charge in [0.2, 0.25) is 5.91 Å². The summed E-state index contributed by atoms with van der Waals surface area (Å²) in [5.74, 6) is 0.244. The van der Waals surface area contributed by atoms with Crippen molar-refractivity contribution in [3.63, 3.8) is 0 Å². The number of hydrogen-bond donors (Lipinski definition) is 1. The van der Waals surface area contributed by atoms with Gasteiger partial charge < -0.3 is 10.6 Å². The number of nitrogens with two attached hydrogens (primary N) is 1. The summed E-state index contributed by atoms with van der Waals surface area (Å²) in [6.45, 7) is 0.883. The zero-order valence-corrected chi connectivity index (χ0v) is 11.3. The fraction of sp³-hybridized carbons (Fsp3) is 0.562. The van der Waals surface area contributed by atoms with Gasteiger partial charge in [-0.05, 0) is 37.7 Å². The smallest absolute Gasteiger partial charge is 0.224 e. The topological polar surface area (TPSA) is 46.3 Å². The maximum atomic E-state index is 12.5. The van der Waals surface area contributed by atoms with E-state index in [2.05, 4.69) is 12.1 Å². The van der Waals surface area contributed by atoms with Crippen LogP contribution in [0.1, 0.15) is 50.1 Å². The first-order valence-corrected chi connectivity index (χ1v) is 7.31. The monoisotopic (exact) mass is 258 g/mol. The van der Waals surface area contributed by atoms with Crippen molar-refractivity contribution in [3.05, 3.63) is 35.9 Å². The molecule has 1 unspecified atom stereocenters. The molecule has 0 aromatic heterocycles. The Labute approximate surface area is 114 Å². The second-order valence-corrected chi connectivity index (χ2v) is 6.05. The van der Waals surface area contributed by atoms with Crippen molar-refractivity contribution < 1.29 is 4.79 Å². The molecule has 102 valence electrons. The van der Waals surface area contributed by atoms with Crippen molar-refractivity contribution in [2.24, 2.45) is 5.73 Å². The Bertz CT molecular complexity index is 453. The fourth-order valence-corrected chi connectivity index (χ4v) is 3.30. The number of nitrogens with zero attached hydrogens (tertiary/aromatic N) is 1. The van der Waals surface area contributed by atoms with Crippen LogP contribution in [0.15, 0.2) is 30.3 Å². The predicted octanol–water partition coefficient (Wildman–Crippen LogP) is 2.62. The van der Waals surface area contributed by atoms with Crippen LogP contribution in [0.4, 0.5) is 0 Å². The van der Waals surface area contributed by atoms with Gasteiger partial charge in [0.15, 0.2) is 0 Å². The van der Waals surface area contributed by atoms with E-state index in [1.54, 1.807) is 0 Å². The van der Waals surface area contributed by atoms with E-state index in [0.717, 1.165) is 32.2 Å². The number of benzene rings is 1. The summed E-state index contributed by atoms with van der Waals surface area (Å²) in [5.41, 5.74) is 7.26. The van der Waals surface area contributed by atoms with Gasteiger partial charge in [0.05, 0.1) is 6.04 Å². The molecule has 0 spiro atoms.